The van der Waals surface area contributed by atoms with E-state index in [2.05, 4.69) is 0 Å². The average Bonchev–Trinajstić information content (AvgIpc) is 2.28. The Morgan fingerprint density at radius 1 is 1.18 bits per heavy atom. The molecule has 1 aromatic carbocycles. The van der Waals surface area contributed by atoms with Gasteiger partial charge in [-0.15, -0.1) is 0 Å². The van der Waals surface area contributed by atoms with Gasteiger partial charge >= 0.3 is 11.9 Å². The van der Waals surface area contributed by atoms with Gasteiger partial charge in [0.1, 0.15) is 0 Å². The largest absolute Gasteiger partial charge is 0.478 e. The number of aliphatic hydroxyl groups excluding tert-OH is 1. The van der Waals surface area contributed by atoms with Crippen LogP contribution in [0.15, 0.2) is 18.2 Å². The van der Waals surface area contributed by atoms with Crippen LogP contribution in [0.2, 0.25) is 0 Å². The van der Waals surface area contributed by atoms with Crippen molar-refractivity contribution < 1.29 is 29.6 Å². The maximum atomic E-state index is 11.0. The minimum atomic E-state index is -1.31. The number of hydrogen-bond donors (Lipinski definition) is 3. The molecule has 0 bridgehead atoms. The average molecular weight is 240 g/mol. The molecule has 0 aliphatic carbocycles. The van der Waals surface area contributed by atoms with Crippen LogP contribution in [0.1, 0.15) is 26.3 Å². The SMILES string of the molecule is O=C(O)c1cccc(COCCO)c1C(=O)O. The van der Waals surface area contributed by atoms with Crippen LogP contribution in [0.4, 0.5) is 0 Å². The molecule has 3 N–H and O–H groups in total. The number of carboxylic acid groups (broad SMARTS) is 2. The summed E-state index contributed by atoms with van der Waals surface area (Å²) in [5.41, 5.74) is -0.286. The lowest BCUT2D eigenvalue weighted by atomic mass is 10.0. The second-order valence-corrected chi connectivity index (χ2v) is 3.23. The van der Waals surface area contributed by atoms with Gasteiger partial charge in [0.05, 0.1) is 30.9 Å². The Kier molecular flexibility index (Phi) is 4.62. The van der Waals surface area contributed by atoms with Gasteiger partial charge < -0.3 is 20.1 Å². The van der Waals surface area contributed by atoms with E-state index in [0.29, 0.717) is 0 Å². The zero-order valence-corrected chi connectivity index (χ0v) is 8.92. The zero-order valence-electron chi connectivity index (χ0n) is 8.92. The highest BCUT2D eigenvalue weighted by Gasteiger charge is 2.19. The van der Waals surface area contributed by atoms with Crippen LogP contribution in [0.25, 0.3) is 0 Å². The number of rotatable bonds is 6. The highest BCUT2D eigenvalue weighted by atomic mass is 16.5. The molecule has 17 heavy (non-hydrogen) atoms. The van der Waals surface area contributed by atoms with Gasteiger partial charge in [-0.2, -0.15) is 0 Å². The molecule has 0 aliphatic rings. The number of ether oxygens (including phenoxy) is 1. The van der Waals surface area contributed by atoms with Crippen molar-refractivity contribution in [2.75, 3.05) is 13.2 Å². The van der Waals surface area contributed by atoms with Gasteiger partial charge in [-0.05, 0) is 11.6 Å². The van der Waals surface area contributed by atoms with E-state index in [1.54, 1.807) is 0 Å². The summed E-state index contributed by atoms with van der Waals surface area (Å²) < 4.78 is 4.99. The van der Waals surface area contributed by atoms with E-state index < -0.39 is 11.9 Å². The van der Waals surface area contributed by atoms with E-state index in [0.717, 1.165) is 0 Å². The third-order valence-electron chi connectivity index (χ3n) is 2.09. The van der Waals surface area contributed by atoms with Crippen molar-refractivity contribution in [2.24, 2.45) is 0 Å². The van der Waals surface area contributed by atoms with Gasteiger partial charge in [0.2, 0.25) is 0 Å². The van der Waals surface area contributed by atoms with Crippen LogP contribution in [0, 0.1) is 0 Å². The summed E-state index contributed by atoms with van der Waals surface area (Å²) in [6.45, 7) is -0.166. The Labute approximate surface area is 97.1 Å². The summed E-state index contributed by atoms with van der Waals surface area (Å²) in [6, 6.07) is 4.15. The van der Waals surface area contributed by atoms with Gasteiger partial charge in [-0.1, -0.05) is 12.1 Å². The van der Waals surface area contributed by atoms with Crippen molar-refractivity contribution in [1.82, 2.24) is 0 Å². The quantitative estimate of drug-likeness (QED) is 0.629. The first kappa shape index (κ1) is 13.1. The van der Waals surface area contributed by atoms with Crippen LogP contribution in [0.5, 0.6) is 0 Å². The molecule has 1 aromatic rings. The van der Waals surface area contributed by atoms with E-state index in [4.69, 9.17) is 20.1 Å². The van der Waals surface area contributed by atoms with E-state index in [1.165, 1.54) is 18.2 Å². The summed E-state index contributed by atoms with van der Waals surface area (Å²) in [5.74, 6) is -2.61. The van der Waals surface area contributed by atoms with Gasteiger partial charge in [-0.3, -0.25) is 0 Å². The fraction of sp³-hybridized carbons (Fsp3) is 0.273. The number of hydrogen-bond acceptors (Lipinski definition) is 4. The van der Waals surface area contributed by atoms with Crippen LogP contribution in [-0.4, -0.2) is 40.5 Å². The predicted molar refractivity (Wildman–Crippen MR) is 57.1 cm³/mol. The lowest BCUT2D eigenvalue weighted by Gasteiger charge is -2.09. The van der Waals surface area contributed by atoms with Crippen molar-refractivity contribution in [3.8, 4) is 0 Å². The van der Waals surface area contributed by atoms with Crippen molar-refractivity contribution in [3.05, 3.63) is 34.9 Å². The predicted octanol–water partition coefficient (Wildman–Crippen LogP) is 0.592. The Bertz CT molecular complexity index is 426. The third kappa shape index (κ3) is 3.27. The maximum absolute atomic E-state index is 11.0. The minimum absolute atomic E-state index is 0.0523. The molecule has 0 saturated carbocycles. The van der Waals surface area contributed by atoms with Crippen LogP contribution in [-0.2, 0) is 11.3 Å². The van der Waals surface area contributed by atoms with Gasteiger partial charge in [0, 0.05) is 0 Å². The summed E-state index contributed by atoms with van der Waals surface area (Å²) >= 11 is 0. The molecule has 0 saturated heterocycles. The molecule has 0 aliphatic heterocycles. The molecule has 92 valence electrons. The Morgan fingerprint density at radius 3 is 2.41 bits per heavy atom. The van der Waals surface area contributed by atoms with Crippen LogP contribution < -0.4 is 0 Å². The Balaban J connectivity index is 3.07. The smallest absolute Gasteiger partial charge is 0.336 e. The van der Waals surface area contributed by atoms with Crippen molar-refractivity contribution in [2.45, 2.75) is 6.61 Å². The van der Waals surface area contributed by atoms with Crippen LogP contribution >= 0.6 is 0 Å². The molecule has 1 rings (SSSR count). The van der Waals surface area contributed by atoms with E-state index >= 15 is 0 Å². The molecule has 6 heteroatoms. The van der Waals surface area contributed by atoms with Crippen LogP contribution in [0.3, 0.4) is 0 Å². The van der Waals surface area contributed by atoms with Crippen molar-refractivity contribution >= 4 is 11.9 Å². The molecule has 0 spiro atoms. The minimum Gasteiger partial charge on any atom is -0.478 e. The first-order valence-corrected chi connectivity index (χ1v) is 4.85. The molecular formula is C11H12O6. The van der Waals surface area contributed by atoms with Gasteiger partial charge in [0.15, 0.2) is 0 Å². The summed E-state index contributed by atoms with van der Waals surface area (Å²) in [4.78, 5) is 21.9. The molecule has 0 heterocycles. The Morgan fingerprint density at radius 2 is 1.88 bits per heavy atom. The number of aromatic carboxylic acids is 2. The number of benzene rings is 1. The number of carbonyl (C=O) groups is 2. The molecule has 0 aromatic heterocycles. The van der Waals surface area contributed by atoms with E-state index in [-0.39, 0.29) is 36.5 Å². The topological polar surface area (TPSA) is 104 Å². The second kappa shape index (κ2) is 5.97. The molecule has 0 amide bonds. The second-order valence-electron chi connectivity index (χ2n) is 3.23. The van der Waals surface area contributed by atoms with Gasteiger partial charge in [-0.25, -0.2) is 9.59 Å². The highest BCUT2D eigenvalue weighted by molar-refractivity contribution is 6.02. The molecular weight excluding hydrogens is 228 g/mol. The molecule has 0 fully saturated rings. The van der Waals surface area contributed by atoms with E-state index in [9.17, 15) is 9.59 Å². The molecule has 0 radical (unpaired) electrons. The number of aliphatic hydroxyl groups is 1. The lowest BCUT2D eigenvalue weighted by Crippen LogP contribution is -2.12. The standard InChI is InChI=1S/C11H12O6/c12-4-5-17-6-7-2-1-3-8(10(13)14)9(7)11(15)16/h1-3,12H,4-6H2,(H,13,14)(H,15,16). The first-order valence-electron chi connectivity index (χ1n) is 4.85. The highest BCUT2D eigenvalue weighted by Crippen LogP contribution is 2.16. The first-order chi connectivity index (χ1) is 8.07. The molecule has 0 atom stereocenters. The zero-order chi connectivity index (χ0) is 12.8. The number of carboxylic acids is 2. The molecule has 0 unspecified atom stereocenters. The maximum Gasteiger partial charge on any atom is 0.336 e. The molecule has 6 nitrogen and oxygen atoms in total. The van der Waals surface area contributed by atoms with Crippen molar-refractivity contribution in [3.63, 3.8) is 0 Å². The lowest BCUT2D eigenvalue weighted by molar-refractivity contribution is 0.0634. The summed E-state index contributed by atoms with van der Waals surface area (Å²) in [6.07, 6.45) is 0. The fourth-order valence-electron chi connectivity index (χ4n) is 1.40. The van der Waals surface area contributed by atoms with Gasteiger partial charge in [0.25, 0.3) is 0 Å². The third-order valence-corrected chi connectivity index (χ3v) is 2.09. The summed E-state index contributed by atoms with van der Waals surface area (Å²) in [5, 5.41) is 26.4. The normalized spacial score (nSPS) is 10.2. The fourth-order valence-corrected chi connectivity index (χ4v) is 1.40. The monoisotopic (exact) mass is 240 g/mol. The Hall–Kier alpha value is -1.92. The van der Waals surface area contributed by atoms with Crippen molar-refractivity contribution in [1.29, 1.82) is 0 Å². The summed E-state index contributed by atoms with van der Waals surface area (Å²) in [7, 11) is 0. The van der Waals surface area contributed by atoms with E-state index in [1.807, 2.05) is 0 Å².